The van der Waals surface area contributed by atoms with Crippen LogP contribution < -0.4 is 0 Å². The van der Waals surface area contributed by atoms with Crippen molar-refractivity contribution in [1.82, 2.24) is 14.5 Å². The molecule has 3 nitrogen and oxygen atoms in total. The third-order valence-electron chi connectivity index (χ3n) is 10.4. The molecule has 9 aromatic rings. The fourth-order valence-corrected chi connectivity index (χ4v) is 8.20. The van der Waals surface area contributed by atoms with E-state index in [0.717, 1.165) is 33.2 Å². The molecule has 0 fully saturated rings. The third kappa shape index (κ3) is 3.70. The van der Waals surface area contributed by atoms with Gasteiger partial charge in [-0.2, -0.15) is 0 Å². The quantitative estimate of drug-likeness (QED) is 0.198. The van der Waals surface area contributed by atoms with Crippen molar-refractivity contribution in [2.45, 2.75) is 19.3 Å². The first-order valence-electron chi connectivity index (χ1n) is 16.6. The van der Waals surface area contributed by atoms with E-state index in [2.05, 4.69) is 170 Å². The van der Waals surface area contributed by atoms with Crippen LogP contribution in [-0.2, 0) is 5.41 Å². The summed E-state index contributed by atoms with van der Waals surface area (Å²) >= 11 is 0. The highest BCUT2D eigenvalue weighted by Gasteiger charge is 2.37. The van der Waals surface area contributed by atoms with Crippen molar-refractivity contribution in [3.63, 3.8) is 0 Å². The van der Waals surface area contributed by atoms with E-state index in [1.807, 2.05) is 0 Å². The molecule has 2 heterocycles. The van der Waals surface area contributed by atoms with Crippen LogP contribution in [0, 0.1) is 0 Å². The van der Waals surface area contributed by atoms with Gasteiger partial charge in [-0.3, -0.25) is 4.57 Å². The number of benzene rings is 7. The average Bonchev–Trinajstić information content (AvgIpc) is 3.61. The maximum atomic E-state index is 5.44. The minimum Gasteiger partial charge on any atom is -0.277 e. The van der Waals surface area contributed by atoms with Crippen LogP contribution in [0.4, 0.5) is 0 Å². The summed E-state index contributed by atoms with van der Waals surface area (Å²) in [4.78, 5) is 10.8. The topological polar surface area (TPSA) is 30.7 Å². The Balaban J connectivity index is 1.39. The van der Waals surface area contributed by atoms with E-state index in [1.54, 1.807) is 0 Å². The van der Waals surface area contributed by atoms with E-state index in [-0.39, 0.29) is 5.41 Å². The Morgan fingerprint density at radius 3 is 2.00 bits per heavy atom. The zero-order valence-electron chi connectivity index (χ0n) is 26.8. The van der Waals surface area contributed by atoms with Crippen LogP contribution in [0.15, 0.2) is 152 Å². The smallest absolute Gasteiger partial charge is 0.235 e. The number of hydrogen-bond donors (Lipinski definition) is 0. The van der Waals surface area contributed by atoms with E-state index < -0.39 is 0 Å². The van der Waals surface area contributed by atoms with Crippen LogP contribution in [0.25, 0.3) is 82.9 Å². The molecular weight excluding hydrogens is 583 g/mol. The van der Waals surface area contributed by atoms with Gasteiger partial charge in [0.2, 0.25) is 5.95 Å². The van der Waals surface area contributed by atoms with Crippen molar-refractivity contribution in [3.8, 4) is 39.5 Å². The third-order valence-corrected chi connectivity index (χ3v) is 10.4. The lowest BCUT2D eigenvalue weighted by molar-refractivity contribution is 0.660. The first-order valence-corrected chi connectivity index (χ1v) is 16.6. The van der Waals surface area contributed by atoms with Crippen LogP contribution in [0.3, 0.4) is 0 Å². The Morgan fingerprint density at radius 1 is 0.458 bits per heavy atom. The predicted octanol–water partition coefficient (Wildman–Crippen LogP) is 11.5. The SMILES string of the molecule is CC1(C)c2ccccc2-c2c(-c3cccc4c5ccc6ccccc6c5n(-c5nc(-c6ccccc6)c6ccccc6n5)c34)cccc21. The molecular formula is C45H31N3. The minimum absolute atomic E-state index is 0.0925. The summed E-state index contributed by atoms with van der Waals surface area (Å²) in [5.74, 6) is 0.671. The van der Waals surface area contributed by atoms with E-state index in [1.165, 1.54) is 54.9 Å². The summed E-state index contributed by atoms with van der Waals surface area (Å²) in [5.41, 5.74) is 12.8. The van der Waals surface area contributed by atoms with Crippen LogP contribution in [0.2, 0.25) is 0 Å². The minimum atomic E-state index is -0.0925. The highest BCUT2D eigenvalue weighted by atomic mass is 15.2. The molecule has 0 bridgehead atoms. The van der Waals surface area contributed by atoms with Crippen molar-refractivity contribution < 1.29 is 0 Å². The Hall–Kier alpha value is -6.06. The molecule has 3 heteroatoms. The first-order chi connectivity index (χ1) is 23.6. The Bertz CT molecular complexity index is 2750. The van der Waals surface area contributed by atoms with Gasteiger partial charge in [0.05, 0.1) is 22.2 Å². The molecule has 0 saturated carbocycles. The normalized spacial score (nSPS) is 13.4. The molecule has 226 valence electrons. The largest absolute Gasteiger partial charge is 0.277 e. The van der Waals surface area contributed by atoms with Gasteiger partial charge in [0.25, 0.3) is 0 Å². The second-order valence-corrected chi connectivity index (χ2v) is 13.4. The van der Waals surface area contributed by atoms with Gasteiger partial charge in [-0.1, -0.05) is 159 Å². The zero-order chi connectivity index (χ0) is 32.0. The standard InChI is InChI=1S/C45H31N3/c1-45(2)37-23-10-8-18-35(37)40-31(20-13-24-38(40)45)32-21-12-22-33-34-27-26-28-14-6-7-17-30(28)42(34)48(43(32)33)44-46-39-25-11-9-19-36(39)41(47-44)29-15-4-3-5-16-29/h3-27H,1-2H3. The summed E-state index contributed by atoms with van der Waals surface area (Å²) in [6.07, 6.45) is 0. The molecule has 10 rings (SSSR count). The van der Waals surface area contributed by atoms with Gasteiger partial charge in [-0.05, 0) is 39.3 Å². The van der Waals surface area contributed by atoms with Crippen LogP contribution in [-0.4, -0.2) is 14.5 Å². The number of nitrogens with zero attached hydrogens (tertiary/aromatic N) is 3. The molecule has 0 aliphatic heterocycles. The molecule has 0 radical (unpaired) electrons. The first kappa shape index (κ1) is 27.1. The van der Waals surface area contributed by atoms with E-state index in [9.17, 15) is 0 Å². The van der Waals surface area contributed by atoms with Crippen molar-refractivity contribution >= 4 is 43.5 Å². The van der Waals surface area contributed by atoms with Gasteiger partial charge in [-0.25, -0.2) is 9.97 Å². The highest BCUT2D eigenvalue weighted by Crippen LogP contribution is 2.53. The van der Waals surface area contributed by atoms with Gasteiger partial charge < -0.3 is 0 Å². The Labute approximate surface area is 278 Å². The van der Waals surface area contributed by atoms with Crippen LogP contribution in [0.5, 0.6) is 0 Å². The van der Waals surface area contributed by atoms with Crippen molar-refractivity contribution in [2.75, 3.05) is 0 Å². The average molecular weight is 614 g/mol. The molecule has 2 aromatic heterocycles. The Morgan fingerprint density at radius 2 is 1.10 bits per heavy atom. The van der Waals surface area contributed by atoms with Crippen LogP contribution in [0.1, 0.15) is 25.0 Å². The van der Waals surface area contributed by atoms with Gasteiger partial charge >= 0.3 is 0 Å². The van der Waals surface area contributed by atoms with E-state index in [0.29, 0.717) is 5.95 Å². The molecule has 0 unspecified atom stereocenters. The molecule has 0 spiro atoms. The molecule has 0 amide bonds. The molecule has 7 aromatic carbocycles. The fraction of sp³-hybridized carbons (Fsp3) is 0.0667. The maximum absolute atomic E-state index is 5.44. The molecule has 1 aliphatic rings. The number of para-hydroxylation sites is 2. The second-order valence-electron chi connectivity index (χ2n) is 13.4. The second kappa shape index (κ2) is 9.97. The van der Waals surface area contributed by atoms with Gasteiger partial charge in [0, 0.05) is 38.1 Å². The fourth-order valence-electron chi connectivity index (χ4n) is 8.20. The lowest BCUT2D eigenvalue weighted by atomic mass is 9.82. The number of rotatable bonds is 3. The number of aromatic nitrogens is 3. The van der Waals surface area contributed by atoms with Crippen molar-refractivity contribution in [1.29, 1.82) is 0 Å². The highest BCUT2D eigenvalue weighted by molar-refractivity contribution is 6.21. The summed E-state index contributed by atoms with van der Waals surface area (Å²) in [6, 6.07) is 54.5. The summed E-state index contributed by atoms with van der Waals surface area (Å²) < 4.78 is 2.34. The Kier molecular flexibility index (Phi) is 5.63. The van der Waals surface area contributed by atoms with Crippen molar-refractivity contribution in [3.05, 3.63) is 163 Å². The van der Waals surface area contributed by atoms with Gasteiger partial charge in [0.15, 0.2) is 0 Å². The van der Waals surface area contributed by atoms with Crippen molar-refractivity contribution in [2.24, 2.45) is 0 Å². The molecule has 48 heavy (non-hydrogen) atoms. The molecule has 1 aliphatic carbocycles. The zero-order valence-corrected chi connectivity index (χ0v) is 26.8. The lowest BCUT2D eigenvalue weighted by Crippen LogP contribution is -2.14. The van der Waals surface area contributed by atoms with E-state index in [4.69, 9.17) is 9.97 Å². The molecule has 0 saturated heterocycles. The maximum Gasteiger partial charge on any atom is 0.235 e. The predicted molar refractivity (Wildman–Crippen MR) is 200 cm³/mol. The van der Waals surface area contributed by atoms with E-state index >= 15 is 0 Å². The molecule has 0 atom stereocenters. The van der Waals surface area contributed by atoms with Crippen LogP contribution >= 0.6 is 0 Å². The lowest BCUT2D eigenvalue weighted by Gasteiger charge is -2.21. The summed E-state index contributed by atoms with van der Waals surface area (Å²) in [6.45, 7) is 4.69. The number of fused-ring (bicyclic) bond motifs is 9. The monoisotopic (exact) mass is 613 g/mol. The molecule has 0 N–H and O–H groups in total. The summed E-state index contributed by atoms with van der Waals surface area (Å²) in [5, 5.41) is 5.79. The summed E-state index contributed by atoms with van der Waals surface area (Å²) in [7, 11) is 0. The van der Waals surface area contributed by atoms with Gasteiger partial charge in [0.1, 0.15) is 0 Å². The van der Waals surface area contributed by atoms with Gasteiger partial charge in [-0.15, -0.1) is 0 Å². The number of hydrogen-bond acceptors (Lipinski definition) is 2.